The molecule has 0 unspecified atom stereocenters. The summed E-state index contributed by atoms with van der Waals surface area (Å²) in [6, 6.07) is 0. The van der Waals surface area contributed by atoms with E-state index >= 15 is 0 Å². The van der Waals surface area contributed by atoms with Gasteiger partial charge in [0, 0.05) is 6.42 Å². The van der Waals surface area contributed by atoms with Crippen LogP contribution in [-0.2, 0) is 10.2 Å². The summed E-state index contributed by atoms with van der Waals surface area (Å²) in [5.41, 5.74) is -0.540. The number of hydrogen-bond donors (Lipinski definition) is 0. The average Bonchev–Trinajstić information content (AvgIpc) is 2.78. The smallest absolute Gasteiger partial charge is 0.240 e. The highest BCUT2D eigenvalue weighted by atomic mass is 16.5. The highest BCUT2D eigenvalue weighted by Gasteiger charge is 2.67. The Morgan fingerprint density at radius 3 is 2.62 bits per heavy atom. The van der Waals surface area contributed by atoms with Crippen molar-refractivity contribution < 1.29 is 9.32 Å². The van der Waals surface area contributed by atoms with E-state index in [2.05, 4.69) is 24.0 Å². The lowest BCUT2D eigenvalue weighted by Gasteiger charge is -2.32. The number of carbonyl (C=O) groups excluding carboxylic acids is 1. The molecule has 0 amide bonds. The SMILES string of the molecule is Cc1noc([C@]23CC[C@H](CC2=O)C3(C)C)n1. The first kappa shape index (κ1) is 10.00. The fourth-order valence-electron chi connectivity index (χ4n) is 3.65. The first-order chi connectivity index (χ1) is 7.48. The minimum atomic E-state index is -0.501. The van der Waals surface area contributed by atoms with Gasteiger partial charge in [0.2, 0.25) is 5.89 Å². The fraction of sp³-hybridized carbons (Fsp3) is 0.750. The summed E-state index contributed by atoms with van der Waals surface area (Å²) < 4.78 is 5.29. The van der Waals surface area contributed by atoms with Gasteiger partial charge in [-0.05, 0) is 31.1 Å². The molecule has 4 nitrogen and oxygen atoms in total. The molecule has 86 valence electrons. The lowest BCUT2D eigenvalue weighted by molar-refractivity contribution is -0.125. The minimum Gasteiger partial charge on any atom is -0.338 e. The molecular weight excluding hydrogens is 204 g/mol. The zero-order valence-electron chi connectivity index (χ0n) is 9.91. The van der Waals surface area contributed by atoms with Gasteiger partial charge in [0.25, 0.3) is 0 Å². The number of nitrogens with zero attached hydrogens (tertiary/aromatic N) is 2. The molecule has 0 radical (unpaired) electrons. The molecule has 1 aromatic rings. The van der Waals surface area contributed by atoms with Crippen LogP contribution in [0.4, 0.5) is 0 Å². The third-order valence-corrected chi connectivity index (χ3v) is 4.79. The van der Waals surface area contributed by atoms with Crippen molar-refractivity contribution in [3.63, 3.8) is 0 Å². The van der Waals surface area contributed by atoms with Gasteiger partial charge < -0.3 is 4.52 Å². The first-order valence-electron chi connectivity index (χ1n) is 5.82. The van der Waals surface area contributed by atoms with Gasteiger partial charge in [0.05, 0.1) is 0 Å². The van der Waals surface area contributed by atoms with Crippen molar-refractivity contribution in [1.29, 1.82) is 0 Å². The molecule has 2 atom stereocenters. The zero-order chi connectivity index (χ0) is 11.6. The van der Waals surface area contributed by atoms with E-state index in [0.29, 0.717) is 24.1 Å². The summed E-state index contributed by atoms with van der Waals surface area (Å²) >= 11 is 0. The highest BCUT2D eigenvalue weighted by molar-refractivity contribution is 5.94. The third-order valence-electron chi connectivity index (χ3n) is 4.79. The van der Waals surface area contributed by atoms with Gasteiger partial charge in [-0.2, -0.15) is 4.98 Å². The van der Waals surface area contributed by atoms with E-state index in [1.54, 1.807) is 6.92 Å². The van der Waals surface area contributed by atoms with E-state index in [0.717, 1.165) is 12.8 Å². The second-order valence-corrected chi connectivity index (χ2v) is 5.64. The molecule has 0 N–H and O–H groups in total. The molecule has 0 aliphatic heterocycles. The van der Waals surface area contributed by atoms with Gasteiger partial charge in [-0.3, -0.25) is 4.79 Å². The average molecular weight is 220 g/mol. The lowest BCUT2D eigenvalue weighted by Crippen LogP contribution is -2.40. The van der Waals surface area contributed by atoms with E-state index in [1.807, 2.05) is 0 Å². The number of ketones is 1. The maximum Gasteiger partial charge on any atom is 0.240 e. The molecule has 0 spiro atoms. The van der Waals surface area contributed by atoms with Crippen LogP contribution >= 0.6 is 0 Å². The lowest BCUT2D eigenvalue weighted by atomic mass is 9.69. The van der Waals surface area contributed by atoms with Gasteiger partial charge in [-0.1, -0.05) is 19.0 Å². The number of Topliss-reactive ketones (excluding diaryl/α,β-unsaturated/α-hetero) is 1. The molecule has 0 saturated heterocycles. The molecular formula is C12H16N2O2. The maximum atomic E-state index is 12.3. The van der Waals surface area contributed by atoms with Crippen LogP contribution in [0.3, 0.4) is 0 Å². The molecule has 2 bridgehead atoms. The quantitative estimate of drug-likeness (QED) is 0.726. The number of fused-ring (bicyclic) bond motifs is 2. The normalized spacial score (nSPS) is 35.9. The molecule has 2 saturated carbocycles. The first-order valence-corrected chi connectivity index (χ1v) is 5.82. The Morgan fingerprint density at radius 1 is 1.44 bits per heavy atom. The van der Waals surface area contributed by atoms with Crippen molar-refractivity contribution in [2.24, 2.45) is 11.3 Å². The topological polar surface area (TPSA) is 56.0 Å². The summed E-state index contributed by atoms with van der Waals surface area (Å²) in [5, 5.41) is 3.83. The second kappa shape index (κ2) is 2.73. The van der Waals surface area contributed by atoms with E-state index in [9.17, 15) is 4.79 Å². The monoisotopic (exact) mass is 220 g/mol. The predicted molar refractivity (Wildman–Crippen MR) is 56.8 cm³/mol. The van der Waals surface area contributed by atoms with E-state index in [1.165, 1.54) is 0 Å². The summed E-state index contributed by atoms with van der Waals surface area (Å²) in [6.07, 6.45) is 2.64. The van der Waals surface area contributed by atoms with Crippen LogP contribution in [-0.4, -0.2) is 15.9 Å². The molecule has 16 heavy (non-hydrogen) atoms. The molecule has 2 aliphatic rings. The van der Waals surface area contributed by atoms with E-state index < -0.39 is 5.41 Å². The molecule has 1 heterocycles. The van der Waals surface area contributed by atoms with Crippen LogP contribution in [0, 0.1) is 18.3 Å². The Balaban J connectivity index is 2.19. The van der Waals surface area contributed by atoms with Crippen molar-refractivity contribution in [3.8, 4) is 0 Å². The van der Waals surface area contributed by atoms with Crippen LogP contribution in [0.15, 0.2) is 4.52 Å². The van der Waals surface area contributed by atoms with Crippen molar-refractivity contribution in [1.82, 2.24) is 10.1 Å². The highest BCUT2D eigenvalue weighted by Crippen LogP contribution is 2.64. The minimum absolute atomic E-state index is 0.0386. The summed E-state index contributed by atoms with van der Waals surface area (Å²) in [5.74, 6) is 1.92. The van der Waals surface area contributed by atoms with Crippen molar-refractivity contribution >= 4 is 5.78 Å². The van der Waals surface area contributed by atoms with E-state index in [-0.39, 0.29) is 11.2 Å². The number of hydrogen-bond acceptors (Lipinski definition) is 4. The third kappa shape index (κ3) is 0.890. The van der Waals surface area contributed by atoms with Crippen LogP contribution in [0.1, 0.15) is 44.8 Å². The van der Waals surface area contributed by atoms with Gasteiger partial charge in [0.15, 0.2) is 5.82 Å². The van der Waals surface area contributed by atoms with Crippen molar-refractivity contribution in [3.05, 3.63) is 11.7 Å². The summed E-state index contributed by atoms with van der Waals surface area (Å²) in [4.78, 5) is 16.6. The number of aryl methyl sites for hydroxylation is 1. The largest absolute Gasteiger partial charge is 0.338 e. The number of rotatable bonds is 1. The van der Waals surface area contributed by atoms with Gasteiger partial charge in [0.1, 0.15) is 11.2 Å². The van der Waals surface area contributed by atoms with Crippen molar-refractivity contribution in [2.45, 2.75) is 45.4 Å². The molecule has 1 aromatic heterocycles. The summed E-state index contributed by atoms with van der Waals surface area (Å²) in [6.45, 7) is 6.12. The molecule has 0 aromatic carbocycles. The van der Waals surface area contributed by atoms with Gasteiger partial charge >= 0.3 is 0 Å². The Labute approximate surface area is 94.4 Å². The van der Waals surface area contributed by atoms with E-state index in [4.69, 9.17) is 4.52 Å². The van der Waals surface area contributed by atoms with Crippen LogP contribution in [0.5, 0.6) is 0 Å². The van der Waals surface area contributed by atoms with Gasteiger partial charge in [-0.25, -0.2) is 0 Å². The molecule has 2 fully saturated rings. The van der Waals surface area contributed by atoms with Crippen LogP contribution in [0.25, 0.3) is 0 Å². The number of carbonyl (C=O) groups is 1. The molecule has 4 heteroatoms. The van der Waals surface area contributed by atoms with Gasteiger partial charge in [-0.15, -0.1) is 0 Å². The van der Waals surface area contributed by atoms with Crippen LogP contribution < -0.4 is 0 Å². The summed E-state index contributed by atoms with van der Waals surface area (Å²) in [7, 11) is 0. The van der Waals surface area contributed by atoms with Crippen LogP contribution in [0.2, 0.25) is 0 Å². The predicted octanol–water partition coefficient (Wildman–Crippen LogP) is 2.02. The second-order valence-electron chi connectivity index (χ2n) is 5.64. The number of aromatic nitrogens is 2. The Bertz CT molecular complexity index is 463. The Kier molecular flexibility index (Phi) is 1.71. The zero-order valence-corrected chi connectivity index (χ0v) is 9.91. The fourth-order valence-corrected chi connectivity index (χ4v) is 3.65. The standard InChI is InChI=1S/C12H16N2O2/c1-7-13-10(16-14-7)12-5-4-8(6-9(12)15)11(12,2)3/h8H,4-6H2,1-3H3/t8-,12+/m1/s1. The Morgan fingerprint density at radius 2 is 2.19 bits per heavy atom. The van der Waals surface area contributed by atoms with Crippen molar-refractivity contribution in [2.75, 3.05) is 0 Å². The maximum absolute atomic E-state index is 12.3. The molecule has 2 aliphatic carbocycles. The Hall–Kier alpha value is -1.19. The molecule has 3 rings (SSSR count).